The SMILES string of the molecule is N=C(N)c1c(Cl)cccc1N1CCCc2ccccc21. The molecule has 3 nitrogen and oxygen atoms in total. The summed E-state index contributed by atoms with van der Waals surface area (Å²) < 4.78 is 0. The van der Waals surface area contributed by atoms with Gasteiger partial charge in [0.05, 0.1) is 16.3 Å². The summed E-state index contributed by atoms with van der Waals surface area (Å²) in [5.74, 6) is 0.00801. The maximum Gasteiger partial charge on any atom is 0.126 e. The third-order valence-corrected chi connectivity index (χ3v) is 3.98. The van der Waals surface area contributed by atoms with E-state index in [1.54, 1.807) is 6.07 Å². The Bertz CT molecular complexity index is 667. The average Bonchev–Trinajstić information content (AvgIpc) is 2.46. The van der Waals surface area contributed by atoms with E-state index in [4.69, 9.17) is 22.7 Å². The molecule has 0 radical (unpaired) electrons. The first-order valence-electron chi connectivity index (χ1n) is 6.67. The van der Waals surface area contributed by atoms with Crippen LogP contribution in [-0.4, -0.2) is 12.4 Å². The zero-order valence-corrected chi connectivity index (χ0v) is 11.8. The van der Waals surface area contributed by atoms with E-state index in [1.165, 1.54) is 11.3 Å². The van der Waals surface area contributed by atoms with Crippen LogP contribution in [0.25, 0.3) is 0 Å². The van der Waals surface area contributed by atoms with Crippen molar-refractivity contribution in [2.45, 2.75) is 12.8 Å². The number of nitrogens with zero attached hydrogens (tertiary/aromatic N) is 1. The molecule has 2 aromatic carbocycles. The van der Waals surface area contributed by atoms with Gasteiger partial charge < -0.3 is 10.6 Å². The second-order valence-corrected chi connectivity index (χ2v) is 5.34. The summed E-state index contributed by atoms with van der Waals surface area (Å²) in [5, 5.41) is 8.31. The third-order valence-electron chi connectivity index (χ3n) is 3.66. The number of hydrogen-bond donors (Lipinski definition) is 2. The minimum absolute atomic E-state index is 0.00801. The molecule has 0 atom stereocenters. The Morgan fingerprint density at radius 3 is 2.65 bits per heavy atom. The molecule has 1 heterocycles. The van der Waals surface area contributed by atoms with Gasteiger partial charge in [-0.15, -0.1) is 0 Å². The Morgan fingerprint density at radius 2 is 1.85 bits per heavy atom. The number of amidine groups is 1. The average molecular weight is 286 g/mol. The predicted molar refractivity (Wildman–Crippen MR) is 84.2 cm³/mol. The van der Waals surface area contributed by atoms with Crippen LogP contribution < -0.4 is 10.6 Å². The molecular weight excluding hydrogens is 270 g/mol. The molecule has 3 rings (SSSR count). The van der Waals surface area contributed by atoms with Crippen molar-refractivity contribution in [2.24, 2.45) is 5.73 Å². The van der Waals surface area contributed by atoms with Crippen LogP contribution in [0.2, 0.25) is 5.02 Å². The Balaban J connectivity index is 2.16. The summed E-state index contributed by atoms with van der Waals surface area (Å²) in [4.78, 5) is 2.21. The number of benzene rings is 2. The Kier molecular flexibility index (Phi) is 3.36. The summed E-state index contributed by atoms with van der Waals surface area (Å²) in [5.41, 5.74) is 9.76. The van der Waals surface area contributed by atoms with Gasteiger partial charge in [0.2, 0.25) is 0 Å². The van der Waals surface area contributed by atoms with Crippen LogP contribution in [0.3, 0.4) is 0 Å². The van der Waals surface area contributed by atoms with Gasteiger partial charge in [-0.25, -0.2) is 0 Å². The van der Waals surface area contributed by atoms with E-state index in [1.807, 2.05) is 18.2 Å². The van der Waals surface area contributed by atoms with Crippen molar-refractivity contribution >= 4 is 28.8 Å². The van der Waals surface area contributed by atoms with Crippen LogP contribution in [0.15, 0.2) is 42.5 Å². The van der Waals surface area contributed by atoms with Crippen LogP contribution in [0.1, 0.15) is 17.5 Å². The first-order valence-corrected chi connectivity index (χ1v) is 7.04. The molecule has 0 fully saturated rings. The van der Waals surface area contributed by atoms with E-state index in [2.05, 4.69) is 23.1 Å². The maximum atomic E-state index is 7.79. The molecule has 0 bridgehead atoms. The molecule has 0 saturated heterocycles. The fourth-order valence-corrected chi connectivity index (χ4v) is 3.06. The fraction of sp³-hybridized carbons (Fsp3) is 0.188. The van der Waals surface area contributed by atoms with Crippen molar-refractivity contribution in [3.63, 3.8) is 0 Å². The summed E-state index contributed by atoms with van der Waals surface area (Å²) in [6.45, 7) is 0.914. The van der Waals surface area contributed by atoms with Gasteiger partial charge in [0.25, 0.3) is 0 Å². The fourth-order valence-electron chi connectivity index (χ4n) is 2.79. The number of aryl methyl sites for hydroxylation is 1. The van der Waals surface area contributed by atoms with E-state index >= 15 is 0 Å². The maximum absolute atomic E-state index is 7.79. The molecule has 0 unspecified atom stereocenters. The molecule has 20 heavy (non-hydrogen) atoms. The normalized spacial score (nSPS) is 13.9. The third kappa shape index (κ3) is 2.14. The minimum atomic E-state index is 0.00801. The van der Waals surface area contributed by atoms with E-state index in [0.717, 1.165) is 25.1 Å². The monoisotopic (exact) mass is 285 g/mol. The number of nitrogen functional groups attached to an aromatic ring is 1. The molecule has 0 aliphatic carbocycles. The Hall–Kier alpha value is -2.00. The largest absolute Gasteiger partial charge is 0.384 e. The highest BCUT2D eigenvalue weighted by Gasteiger charge is 2.21. The molecular formula is C16H16ClN3. The van der Waals surface area contributed by atoms with Crippen molar-refractivity contribution in [2.75, 3.05) is 11.4 Å². The molecule has 0 saturated carbocycles. The van der Waals surface area contributed by atoms with E-state index < -0.39 is 0 Å². The lowest BCUT2D eigenvalue weighted by molar-refractivity contribution is 0.766. The van der Waals surface area contributed by atoms with Gasteiger partial charge in [-0.05, 0) is 36.6 Å². The molecule has 1 aliphatic heterocycles. The number of hydrogen-bond acceptors (Lipinski definition) is 2. The highest BCUT2D eigenvalue weighted by Crippen LogP contribution is 2.37. The second kappa shape index (κ2) is 5.17. The zero-order valence-electron chi connectivity index (χ0n) is 11.1. The lowest BCUT2D eigenvalue weighted by Crippen LogP contribution is -2.27. The molecule has 102 valence electrons. The molecule has 4 heteroatoms. The lowest BCUT2D eigenvalue weighted by atomic mass is 10.00. The van der Waals surface area contributed by atoms with Crippen LogP contribution in [0, 0.1) is 5.41 Å². The van der Waals surface area contributed by atoms with Gasteiger partial charge in [-0.3, -0.25) is 5.41 Å². The van der Waals surface area contributed by atoms with Crippen LogP contribution >= 0.6 is 11.6 Å². The van der Waals surface area contributed by atoms with Crippen molar-refractivity contribution in [1.82, 2.24) is 0 Å². The number of fused-ring (bicyclic) bond motifs is 1. The van der Waals surface area contributed by atoms with Crippen LogP contribution in [-0.2, 0) is 6.42 Å². The van der Waals surface area contributed by atoms with E-state index in [-0.39, 0.29) is 5.84 Å². The quantitative estimate of drug-likeness (QED) is 0.653. The van der Waals surface area contributed by atoms with E-state index in [0.29, 0.717) is 10.6 Å². The standard InChI is InChI=1S/C16H16ClN3/c17-12-7-3-9-14(15(12)16(18)19)20-10-4-6-11-5-1-2-8-13(11)20/h1-3,5,7-9H,4,6,10H2,(H3,18,19). The van der Waals surface area contributed by atoms with Gasteiger partial charge in [0.15, 0.2) is 0 Å². The molecule has 2 aromatic rings. The number of halogens is 1. The van der Waals surface area contributed by atoms with Crippen LogP contribution in [0.4, 0.5) is 11.4 Å². The molecule has 0 spiro atoms. The lowest BCUT2D eigenvalue weighted by Gasteiger charge is -2.32. The van der Waals surface area contributed by atoms with Crippen LogP contribution in [0.5, 0.6) is 0 Å². The summed E-state index contributed by atoms with van der Waals surface area (Å²) in [7, 11) is 0. The number of anilines is 2. The number of para-hydroxylation sites is 1. The summed E-state index contributed by atoms with van der Waals surface area (Å²) >= 11 is 6.22. The number of nitrogens with one attached hydrogen (secondary N) is 1. The zero-order chi connectivity index (χ0) is 14.1. The van der Waals surface area contributed by atoms with Crippen molar-refractivity contribution in [3.05, 3.63) is 58.6 Å². The van der Waals surface area contributed by atoms with Gasteiger partial charge in [0.1, 0.15) is 5.84 Å². The predicted octanol–water partition coefficient (Wildman–Crippen LogP) is 3.71. The van der Waals surface area contributed by atoms with Crippen molar-refractivity contribution in [1.29, 1.82) is 5.41 Å². The van der Waals surface area contributed by atoms with Gasteiger partial charge in [-0.1, -0.05) is 35.9 Å². The Morgan fingerprint density at radius 1 is 1.10 bits per heavy atom. The highest BCUT2D eigenvalue weighted by atomic mass is 35.5. The summed E-state index contributed by atoms with van der Waals surface area (Å²) in [6, 6.07) is 14.0. The number of nitrogens with two attached hydrogens (primary N) is 1. The number of rotatable bonds is 2. The molecule has 3 N–H and O–H groups in total. The molecule has 0 aromatic heterocycles. The van der Waals surface area contributed by atoms with Gasteiger partial charge >= 0.3 is 0 Å². The van der Waals surface area contributed by atoms with Gasteiger partial charge in [-0.2, -0.15) is 0 Å². The first kappa shape index (κ1) is 13.0. The molecule has 0 amide bonds. The topological polar surface area (TPSA) is 53.1 Å². The summed E-state index contributed by atoms with van der Waals surface area (Å²) in [6.07, 6.45) is 2.17. The van der Waals surface area contributed by atoms with Crippen molar-refractivity contribution < 1.29 is 0 Å². The van der Waals surface area contributed by atoms with Crippen molar-refractivity contribution in [3.8, 4) is 0 Å². The van der Waals surface area contributed by atoms with Gasteiger partial charge in [0, 0.05) is 12.2 Å². The smallest absolute Gasteiger partial charge is 0.126 e. The minimum Gasteiger partial charge on any atom is -0.384 e. The highest BCUT2D eigenvalue weighted by molar-refractivity contribution is 6.34. The Labute approximate surface area is 123 Å². The second-order valence-electron chi connectivity index (χ2n) is 4.93. The molecule has 1 aliphatic rings. The van der Waals surface area contributed by atoms with E-state index in [9.17, 15) is 0 Å². The first-order chi connectivity index (χ1) is 9.68.